The predicted octanol–water partition coefficient (Wildman–Crippen LogP) is 1.41. The number of pyridine rings is 1. The number of carbonyl (C=O) groups is 1. The standard InChI is InChI=1S/C14H14FN3O4S/c1-9(19)18-12-3-2-4-13(23(16,20)21)11(12)8-22-10-5-6-14(15)17-7-10/h2-7H,8H2,1H3,(H,18,19)(H2,16,20,21). The molecule has 0 saturated carbocycles. The highest BCUT2D eigenvalue weighted by atomic mass is 32.2. The number of nitrogens with one attached hydrogen (secondary N) is 1. The monoisotopic (exact) mass is 339 g/mol. The third-order valence-corrected chi connectivity index (χ3v) is 3.83. The molecule has 2 aromatic rings. The molecule has 0 atom stereocenters. The number of nitrogens with zero attached hydrogens (tertiary/aromatic N) is 1. The SMILES string of the molecule is CC(=O)Nc1cccc(S(N)(=O)=O)c1COc1ccc(F)nc1. The minimum absolute atomic E-state index is 0.168. The Morgan fingerprint density at radius 1 is 1.35 bits per heavy atom. The maximum atomic E-state index is 12.8. The first-order valence-corrected chi connectivity index (χ1v) is 7.98. The molecule has 0 spiro atoms. The first-order chi connectivity index (χ1) is 10.8. The van der Waals surface area contributed by atoms with Crippen LogP contribution in [0.5, 0.6) is 5.75 Å². The second kappa shape index (κ2) is 6.71. The van der Waals surface area contributed by atoms with Gasteiger partial charge < -0.3 is 10.1 Å². The van der Waals surface area contributed by atoms with Crippen LogP contribution < -0.4 is 15.2 Å². The number of rotatable bonds is 5. The van der Waals surface area contributed by atoms with Gasteiger partial charge in [-0.05, 0) is 24.3 Å². The maximum absolute atomic E-state index is 12.8. The minimum Gasteiger partial charge on any atom is -0.487 e. The van der Waals surface area contributed by atoms with Gasteiger partial charge in [0.25, 0.3) is 0 Å². The fraction of sp³-hybridized carbons (Fsp3) is 0.143. The number of hydrogen-bond acceptors (Lipinski definition) is 5. The molecule has 7 nitrogen and oxygen atoms in total. The maximum Gasteiger partial charge on any atom is 0.238 e. The molecule has 3 N–H and O–H groups in total. The molecule has 0 bridgehead atoms. The van der Waals surface area contributed by atoms with Crippen LogP contribution in [0, 0.1) is 5.95 Å². The highest BCUT2D eigenvalue weighted by molar-refractivity contribution is 7.89. The predicted molar refractivity (Wildman–Crippen MR) is 80.6 cm³/mol. The number of anilines is 1. The average Bonchev–Trinajstić information content (AvgIpc) is 2.46. The van der Waals surface area contributed by atoms with Gasteiger partial charge in [0.2, 0.25) is 21.9 Å². The summed E-state index contributed by atoms with van der Waals surface area (Å²) in [6, 6.07) is 6.74. The van der Waals surface area contributed by atoms with E-state index in [-0.39, 0.29) is 34.4 Å². The summed E-state index contributed by atoms with van der Waals surface area (Å²) in [5, 5.41) is 7.70. The number of nitrogens with two attached hydrogens (primary N) is 1. The Labute approximate surface area is 132 Å². The van der Waals surface area contributed by atoms with E-state index in [9.17, 15) is 17.6 Å². The van der Waals surface area contributed by atoms with E-state index in [4.69, 9.17) is 9.88 Å². The van der Waals surface area contributed by atoms with E-state index < -0.39 is 16.0 Å². The van der Waals surface area contributed by atoms with Crippen molar-refractivity contribution in [2.45, 2.75) is 18.4 Å². The van der Waals surface area contributed by atoms with E-state index >= 15 is 0 Å². The molecule has 1 amide bonds. The molecule has 0 saturated heterocycles. The highest BCUT2D eigenvalue weighted by Gasteiger charge is 2.18. The molecule has 0 aliphatic heterocycles. The Balaban J connectivity index is 2.37. The Morgan fingerprint density at radius 3 is 2.65 bits per heavy atom. The van der Waals surface area contributed by atoms with Gasteiger partial charge in [-0.2, -0.15) is 4.39 Å². The van der Waals surface area contributed by atoms with Gasteiger partial charge in [-0.15, -0.1) is 0 Å². The van der Waals surface area contributed by atoms with Crippen LogP contribution in [0.3, 0.4) is 0 Å². The molecule has 9 heteroatoms. The van der Waals surface area contributed by atoms with Crippen LogP contribution in [0.1, 0.15) is 12.5 Å². The van der Waals surface area contributed by atoms with Gasteiger partial charge in [-0.3, -0.25) is 4.79 Å². The molecule has 0 unspecified atom stereocenters. The quantitative estimate of drug-likeness (QED) is 0.800. The molecule has 1 aromatic carbocycles. The van der Waals surface area contributed by atoms with Crippen LogP contribution in [-0.2, 0) is 21.4 Å². The molecular formula is C14H14FN3O4S. The zero-order valence-electron chi connectivity index (χ0n) is 12.1. The number of amides is 1. The molecule has 23 heavy (non-hydrogen) atoms. The number of carbonyl (C=O) groups excluding carboxylic acids is 1. The summed E-state index contributed by atoms with van der Waals surface area (Å²) in [7, 11) is -4.01. The second-order valence-electron chi connectivity index (χ2n) is 4.61. The Morgan fingerprint density at radius 2 is 2.09 bits per heavy atom. The molecule has 2 rings (SSSR count). The van der Waals surface area contributed by atoms with Crippen LogP contribution in [0.15, 0.2) is 41.4 Å². The Kier molecular flexibility index (Phi) is 4.92. The molecule has 122 valence electrons. The number of primary sulfonamides is 1. The molecule has 0 aliphatic carbocycles. The van der Waals surface area contributed by atoms with Crippen molar-refractivity contribution in [1.29, 1.82) is 0 Å². The van der Waals surface area contributed by atoms with Crippen molar-refractivity contribution in [1.82, 2.24) is 4.98 Å². The molecule has 1 heterocycles. The van der Waals surface area contributed by atoms with Crippen molar-refractivity contribution in [2.75, 3.05) is 5.32 Å². The topological polar surface area (TPSA) is 111 Å². The van der Waals surface area contributed by atoms with Crippen LogP contribution in [-0.4, -0.2) is 19.3 Å². The van der Waals surface area contributed by atoms with Crippen LogP contribution in [0.25, 0.3) is 0 Å². The third kappa shape index (κ3) is 4.47. The number of hydrogen-bond donors (Lipinski definition) is 2. The molecule has 0 aliphatic rings. The van der Waals surface area contributed by atoms with Gasteiger partial charge in [0.1, 0.15) is 12.4 Å². The van der Waals surface area contributed by atoms with E-state index in [0.717, 1.165) is 12.3 Å². The first kappa shape index (κ1) is 16.8. The summed E-state index contributed by atoms with van der Waals surface area (Å²) in [5.41, 5.74) is 0.452. The lowest BCUT2D eigenvalue weighted by atomic mass is 10.2. The first-order valence-electron chi connectivity index (χ1n) is 6.44. The molecular weight excluding hydrogens is 325 g/mol. The van der Waals surface area contributed by atoms with Gasteiger partial charge in [0, 0.05) is 18.2 Å². The van der Waals surface area contributed by atoms with Gasteiger partial charge >= 0.3 is 0 Å². The van der Waals surface area contributed by atoms with Crippen molar-refractivity contribution < 1.29 is 22.3 Å². The number of halogens is 1. The van der Waals surface area contributed by atoms with Crippen molar-refractivity contribution in [3.05, 3.63) is 48.0 Å². The van der Waals surface area contributed by atoms with Crippen molar-refractivity contribution in [2.24, 2.45) is 5.14 Å². The van der Waals surface area contributed by atoms with E-state index in [1.807, 2.05) is 0 Å². The van der Waals surface area contributed by atoms with E-state index in [2.05, 4.69) is 10.3 Å². The van der Waals surface area contributed by atoms with E-state index in [1.54, 1.807) is 0 Å². The van der Waals surface area contributed by atoms with E-state index in [1.165, 1.54) is 31.2 Å². The molecule has 0 radical (unpaired) electrons. The Bertz CT molecular complexity index is 822. The summed E-state index contributed by atoms with van der Waals surface area (Å²) < 4.78 is 41.6. The van der Waals surface area contributed by atoms with Gasteiger partial charge in [0.05, 0.1) is 11.1 Å². The molecule has 0 fully saturated rings. The Hall–Kier alpha value is -2.52. The van der Waals surface area contributed by atoms with Crippen LogP contribution in [0.2, 0.25) is 0 Å². The average molecular weight is 339 g/mol. The summed E-state index contributed by atoms with van der Waals surface area (Å²) in [6.07, 6.45) is 1.16. The van der Waals surface area contributed by atoms with Crippen molar-refractivity contribution >= 4 is 21.6 Å². The fourth-order valence-corrected chi connectivity index (χ4v) is 2.67. The number of ether oxygens (including phenoxy) is 1. The van der Waals surface area contributed by atoms with Crippen molar-refractivity contribution in [3.63, 3.8) is 0 Å². The van der Waals surface area contributed by atoms with Crippen LogP contribution in [0.4, 0.5) is 10.1 Å². The second-order valence-corrected chi connectivity index (χ2v) is 6.14. The highest BCUT2D eigenvalue weighted by Crippen LogP contribution is 2.25. The number of benzene rings is 1. The smallest absolute Gasteiger partial charge is 0.238 e. The van der Waals surface area contributed by atoms with Crippen LogP contribution >= 0.6 is 0 Å². The zero-order valence-corrected chi connectivity index (χ0v) is 12.9. The van der Waals surface area contributed by atoms with Gasteiger partial charge in [0.15, 0.2) is 0 Å². The summed E-state index contributed by atoms with van der Waals surface area (Å²) in [6.45, 7) is 1.09. The van der Waals surface area contributed by atoms with E-state index in [0.29, 0.717) is 0 Å². The lowest BCUT2D eigenvalue weighted by Gasteiger charge is -2.14. The molecule has 1 aromatic heterocycles. The van der Waals surface area contributed by atoms with Crippen molar-refractivity contribution in [3.8, 4) is 5.75 Å². The summed E-state index contributed by atoms with van der Waals surface area (Å²) in [5.74, 6) is -0.799. The summed E-state index contributed by atoms with van der Waals surface area (Å²) in [4.78, 5) is 14.5. The van der Waals surface area contributed by atoms with Gasteiger partial charge in [-0.1, -0.05) is 6.07 Å². The largest absolute Gasteiger partial charge is 0.487 e. The number of sulfonamides is 1. The fourth-order valence-electron chi connectivity index (χ4n) is 1.89. The lowest BCUT2D eigenvalue weighted by molar-refractivity contribution is -0.114. The number of aromatic nitrogens is 1. The normalized spacial score (nSPS) is 11.1. The summed E-state index contributed by atoms with van der Waals surface area (Å²) >= 11 is 0. The lowest BCUT2D eigenvalue weighted by Crippen LogP contribution is -2.18. The zero-order chi connectivity index (χ0) is 17.0. The van der Waals surface area contributed by atoms with Gasteiger partial charge in [-0.25, -0.2) is 18.5 Å². The third-order valence-electron chi connectivity index (χ3n) is 2.83. The minimum atomic E-state index is -4.01.